The van der Waals surface area contributed by atoms with Crippen LogP contribution < -0.4 is 11.5 Å². The zero-order chi connectivity index (χ0) is 13.2. The summed E-state index contributed by atoms with van der Waals surface area (Å²) in [5.74, 6) is 0. The quantitative estimate of drug-likeness (QED) is 0.700. The van der Waals surface area contributed by atoms with E-state index in [0.717, 1.165) is 32.5 Å². The molecule has 4 N–H and O–H groups in total. The first-order valence-electron chi connectivity index (χ1n) is 5.78. The molecule has 19 heavy (non-hydrogen) atoms. The number of nitrogens with zero attached hydrogens (tertiary/aromatic N) is 2. The van der Waals surface area contributed by atoms with Gasteiger partial charge in [-0.25, -0.2) is 0 Å². The van der Waals surface area contributed by atoms with Crippen molar-refractivity contribution in [1.82, 2.24) is 10.2 Å². The molecule has 0 saturated heterocycles. The third kappa shape index (κ3) is 2.41. The summed E-state index contributed by atoms with van der Waals surface area (Å²) in [6.45, 7) is 0. The smallest absolute Gasteiger partial charge is 0.148 e. The normalized spacial score (nSPS) is 10.5. The lowest BCUT2D eigenvalue weighted by Crippen LogP contribution is -1.84. The number of anilines is 2. The standard InChI is InChI=1S/C14H12N4S/c15-11-6-4-9(5-7-11)13-17-18-14(19-13)10-2-1-3-12(16)8-10/h1-8H,15-16H2. The van der Waals surface area contributed by atoms with Gasteiger partial charge in [-0.2, -0.15) is 0 Å². The topological polar surface area (TPSA) is 77.8 Å². The third-order valence-corrected chi connectivity index (χ3v) is 3.74. The van der Waals surface area contributed by atoms with Crippen LogP contribution in [0.4, 0.5) is 11.4 Å². The number of hydrogen-bond acceptors (Lipinski definition) is 5. The van der Waals surface area contributed by atoms with Crippen molar-refractivity contribution in [3.63, 3.8) is 0 Å². The fourth-order valence-electron chi connectivity index (χ4n) is 1.75. The SMILES string of the molecule is Nc1ccc(-c2nnc(-c3cccc(N)c3)s2)cc1. The van der Waals surface area contributed by atoms with Gasteiger partial charge in [-0.05, 0) is 36.4 Å². The molecule has 5 heteroatoms. The molecule has 0 radical (unpaired) electrons. The van der Waals surface area contributed by atoms with Gasteiger partial charge in [0.1, 0.15) is 10.0 Å². The van der Waals surface area contributed by atoms with Gasteiger partial charge in [-0.3, -0.25) is 0 Å². The van der Waals surface area contributed by atoms with Crippen LogP contribution in [0.2, 0.25) is 0 Å². The minimum Gasteiger partial charge on any atom is -0.399 e. The van der Waals surface area contributed by atoms with Crippen molar-refractivity contribution >= 4 is 22.7 Å². The van der Waals surface area contributed by atoms with Gasteiger partial charge in [0.2, 0.25) is 0 Å². The highest BCUT2D eigenvalue weighted by molar-refractivity contribution is 7.17. The Hall–Kier alpha value is -2.40. The number of rotatable bonds is 2. The summed E-state index contributed by atoms with van der Waals surface area (Å²) in [5, 5.41) is 10.2. The van der Waals surface area contributed by atoms with E-state index < -0.39 is 0 Å². The lowest BCUT2D eigenvalue weighted by molar-refractivity contribution is 1.10. The van der Waals surface area contributed by atoms with Crippen molar-refractivity contribution in [2.24, 2.45) is 0 Å². The zero-order valence-electron chi connectivity index (χ0n) is 10.1. The molecule has 0 fully saturated rings. The van der Waals surface area contributed by atoms with Gasteiger partial charge in [0.25, 0.3) is 0 Å². The highest BCUT2D eigenvalue weighted by Crippen LogP contribution is 2.30. The van der Waals surface area contributed by atoms with Crippen LogP contribution in [0.25, 0.3) is 21.1 Å². The van der Waals surface area contributed by atoms with E-state index in [2.05, 4.69) is 10.2 Å². The lowest BCUT2D eigenvalue weighted by atomic mass is 10.2. The van der Waals surface area contributed by atoms with E-state index in [0.29, 0.717) is 0 Å². The van der Waals surface area contributed by atoms with Gasteiger partial charge < -0.3 is 11.5 Å². The van der Waals surface area contributed by atoms with Gasteiger partial charge in [0, 0.05) is 22.5 Å². The second-order valence-corrected chi connectivity index (χ2v) is 5.14. The number of nitrogen functional groups attached to an aromatic ring is 2. The van der Waals surface area contributed by atoms with Crippen molar-refractivity contribution < 1.29 is 0 Å². The van der Waals surface area contributed by atoms with Crippen LogP contribution in [0.15, 0.2) is 48.5 Å². The summed E-state index contributed by atoms with van der Waals surface area (Å²) in [5.41, 5.74) is 14.9. The van der Waals surface area contributed by atoms with Crippen molar-refractivity contribution in [2.45, 2.75) is 0 Å². The summed E-state index contributed by atoms with van der Waals surface area (Å²) in [7, 11) is 0. The van der Waals surface area contributed by atoms with E-state index in [4.69, 9.17) is 11.5 Å². The van der Waals surface area contributed by atoms with E-state index in [9.17, 15) is 0 Å². The van der Waals surface area contributed by atoms with Crippen molar-refractivity contribution in [2.75, 3.05) is 11.5 Å². The van der Waals surface area contributed by atoms with Crippen LogP contribution >= 0.6 is 11.3 Å². The fourth-order valence-corrected chi connectivity index (χ4v) is 2.60. The van der Waals surface area contributed by atoms with Gasteiger partial charge in [0.05, 0.1) is 0 Å². The number of hydrogen-bond donors (Lipinski definition) is 2. The van der Waals surface area contributed by atoms with E-state index >= 15 is 0 Å². The van der Waals surface area contributed by atoms with Gasteiger partial charge >= 0.3 is 0 Å². The Morgan fingerprint density at radius 3 is 2.11 bits per heavy atom. The molecule has 1 heterocycles. The maximum Gasteiger partial charge on any atom is 0.148 e. The maximum atomic E-state index is 5.77. The average Bonchev–Trinajstić information content (AvgIpc) is 2.89. The molecule has 0 spiro atoms. The Kier molecular flexibility index (Phi) is 2.89. The van der Waals surface area contributed by atoms with Crippen LogP contribution in [0, 0.1) is 0 Å². The first-order chi connectivity index (χ1) is 9.22. The minimum atomic E-state index is 0.724. The van der Waals surface area contributed by atoms with Gasteiger partial charge in [-0.15, -0.1) is 10.2 Å². The molecule has 94 valence electrons. The summed E-state index contributed by atoms with van der Waals surface area (Å²) in [4.78, 5) is 0. The van der Waals surface area contributed by atoms with Crippen LogP contribution in [-0.4, -0.2) is 10.2 Å². The second-order valence-electron chi connectivity index (χ2n) is 4.16. The van der Waals surface area contributed by atoms with Crippen LogP contribution in [0.5, 0.6) is 0 Å². The Labute approximate surface area is 114 Å². The predicted molar refractivity (Wildman–Crippen MR) is 79.6 cm³/mol. The molecule has 2 aromatic carbocycles. The Balaban J connectivity index is 1.97. The highest BCUT2D eigenvalue weighted by Gasteiger charge is 2.08. The largest absolute Gasteiger partial charge is 0.399 e. The van der Waals surface area contributed by atoms with E-state index in [1.54, 1.807) is 0 Å². The van der Waals surface area contributed by atoms with Gasteiger partial charge in [-0.1, -0.05) is 23.5 Å². The zero-order valence-corrected chi connectivity index (χ0v) is 10.9. The predicted octanol–water partition coefficient (Wildman–Crippen LogP) is 3.04. The minimum absolute atomic E-state index is 0.724. The molecule has 1 aromatic heterocycles. The molecule has 0 amide bonds. The molecule has 0 aliphatic rings. The molecule has 0 unspecified atom stereocenters. The third-order valence-electron chi connectivity index (χ3n) is 2.72. The fraction of sp³-hybridized carbons (Fsp3) is 0. The summed E-state index contributed by atoms with van der Waals surface area (Å²) < 4.78 is 0. The molecular formula is C14H12N4S. The number of nitrogens with two attached hydrogens (primary N) is 2. The van der Waals surface area contributed by atoms with E-state index in [-0.39, 0.29) is 0 Å². The average molecular weight is 268 g/mol. The molecule has 3 aromatic rings. The Morgan fingerprint density at radius 2 is 1.42 bits per heavy atom. The highest BCUT2D eigenvalue weighted by atomic mass is 32.1. The lowest BCUT2D eigenvalue weighted by Gasteiger charge is -1.97. The molecule has 4 nitrogen and oxygen atoms in total. The first-order valence-corrected chi connectivity index (χ1v) is 6.59. The molecule has 0 aliphatic carbocycles. The maximum absolute atomic E-state index is 5.77. The summed E-state index contributed by atoms with van der Waals surface area (Å²) in [6.07, 6.45) is 0. The van der Waals surface area contributed by atoms with Crippen LogP contribution in [0.3, 0.4) is 0 Å². The summed E-state index contributed by atoms with van der Waals surface area (Å²) >= 11 is 1.54. The molecule has 0 saturated carbocycles. The van der Waals surface area contributed by atoms with Crippen molar-refractivity contribution in [3.8, 4) is 21.1 Å². The van der Waals surface area contributed by atoms with Crippen LogP contribution in [-0.2, 0) is 0 Å². The Morgan fingerprint density at radius 1 is 0.737 bits per heavy atom. The second kappa shape index (κ2) is 4.70. The van der Waals surface area contributed by atoms with Crippen LogP contribution in [0.1, 0.15) is 0 Å². The first kappa shape index (κ1) is 11.7. The van der Waals surface area contributed by atoms with Crippen molar-refractivity contribution in [3.05, 3.63) is 48.5 Å². The monoisotopic (exact) mass is 268 g/mol. The molecule has 0 atom stereocenters. The molecule has 3 rings (SSSR count). The number of aromatic nitrogens is 2. The summed E-state index contributed by atoms with van der Waals surface area (Å²) in [6, 6.07) is 15.2. The van der Waals surface area contributed by atoms with Crippen molar-refractivity contribution in [1.29, 1.82) is 0 Å². The van der Waals surface area contributed by atoms with E-state index in [1.807, 2.05) is 48.5 Å². The molecule has 0 aliphatic heterocycles. The molecular weight excluding hydrogens is 256 g/mol. The Bertz CT molecular complexity index is 703. The van der Waals surface area contributed by atoms with E-state index in [1.165, 1.54) is 11.3 Å². The number of benzene rings is 2. The molecule has 0 bridgehead atoms. The van der Waals surface area contributed by atoms with Gasteiger partial charge in [0.15, 0.2) is 0 Å².